The number of carbonyl (C=O) groups is 2. The molecule has 8 unspecified atom stereocenters. The molecule has 0 bridgehead atoms. The number of rotatable bonds is 12. The number of aliphatic hydroxyl groups excluding tert-OH is 1. The van der Waals surface area contributed by atoms with E-state index in [9.17, 15) is 14.7 Å². The number of halogens is 1. The van der Waals surface area contributed by atoms with Crippen molar-refractivity contribution in [3.63, 3.8) is 0 Å². The third-order valence-electron chi connectivity index (χ3n) is 10.8. The lowest BCUT2D eigenvalue weighted by atomic mass is 9.73. The average molecular weight is 685 g/mol. The van der Waals surface area contributed by atoms with Gasteiger partial charge in [0.25, 0.3) is 0 Å². The first-order chi connectivity index (χ1) is 22.7. The van der Waals surface area contributed by atoms with Crippen LogP contribution in [-0.2, 0) is 23.8 Å². The van der Waals surface area contributed by atoms with Gasteiger partial charge in [0.05, 0.1) is 68.5 Å². The summed E-state index contributed by atoms with van der Waals surface area (Å²) in [6.07, 6.45) is 2.81. The van der Waals surface area contributed by atoms with Crippen molar-refractivity contribution in [2.45, 2.75) is 87.8 Å². The van der Waals surface area contributed by atoms with Crippen LogP contribution < -0.4 is 26.6 Å². The first-order valence-electron chi connectivity index (χ1n) is 17.9. The molecule has 1 saturated carbocycles. The summed E-state index contributed by atoms with van der Waals surface area (Å²) in [6.45, 7) is 12.5. The van der Waals surface area contributed by atoms with Crippen molar-refractivity contribution in [1.29, 1.82) is 0 Å². The molecule has 268 valence electrons. The summed E-state index contributed by atoms with van der Waals surface area (Å²) in [7, 11) is 0. The average Bonchev–Trinajstić information content (AvgIpc) is 3.58. The zero-order chi connectivity index (χ0) is 32.9. The Balaban J connectivity index is 0.941. The normalized spacial score (nSPS) is 36.6. The Bertz CT molecular complexity index is 1030. The van der Waals surface area contributed by atoms with Crippen molar-refractivity contribution >= 4 is 23.4 Å². The highest BCUT2D eigenvalue weighted by molar-refractivity contribution is 6.21. The van der Waals surface area contributed by atoms with Gasteiger partial charge in [-0.15, -0.1) is 11.6 Å². The number of hydrogen-bond acceptors (Lipinski definition) is 12. The second-order valence-corrected chi connectivity index (χ2v) is 15.1. The van der Waals surface area contributed by atoms with Crippen molar-refractivity contribution < 1.29 is 28.9 Å². The van der Waals surface area contributed by atoms with Crippen LogP contribution in [0.15, 0.2) is 0 Å². The predicted octanol–water partition coefficient (Wildman–Crippen LogP) is -1.52. The molecule has 1 aliphatic carbocycles. The fourth-order valence-electron chi connectivity index (χ4n) is 8.00. The van der Waals surface area contributed by atoms with Crippen LogP contribution in [0.5, 0.6) is 0 Å². The second-order valence-electron chi connectivity index (χ2n) is 14.6. The van der Waals surface area contributed by atoms with Gasteiger partial charge in [0.15, 0.2) is 0 Å². The topological polar surface area (TPSA) is 152 Å². The molecule has 14 nitrogen and oxygen atoms in total. The second kappa shape index (κ2) is 16.7. The molecular weight excluding hydrogens is 628 g/mol. The molecule has 0 aromatic heterocycles. The van der Waals surface area contributed by atoms with Gasteiger partial charge in [-0.2, -0.15) is 0 Å². The van der Waals surface area contributed by atoms with Crippen LogP contribution >= 0.6 is 11.6 Å². The lowest BCUT2D eigenvalue weighted by Gasteiger charge is -2.47. The van der Waals surface area contributed by atoms with Gasteiger partial charge < -0.3 is 34.4 Å². The Kier molecular flexibility index (Phi) is 12.7. The number of amides is 2. The summed E-state index contributed by atoms with van der Waals surface area (Å²) >= 11 is 6.96. The summed E-state index contributed by atoms with van der Waals surface area (Å²) in [4.78, 5) is 32.5. The standard InChI is InChI=1S/C32H57ClN8O6/c1-20(2)31(44)40-7-9-41(10-8-40)32-37-26(11-28(38-32)36-22-16-45-17-22)30(43)35-12-23(42)15-39-6-5-25-21(14-39)3-4-27(29(25)33)46-18-24-13-34-19-47-24/h20-29,32,34,36-38,42H,3-19H2,1-2H3,(H,35,43)/t21?,23-,24?,25?,26?,27?,28?,29?,32?/m0/s1. The third-order valence-corrected chi connectivity index (χ3v) is 11.4. The number of β-amino-alcohol motifs (C(OH)–C–C–N with tert-alkyl or cyclic N) is 1. The molecule has 9 atom stereocenters. The highest BCUT2D eigenvalue weighted by Gasteiger charge is 2.43. The SMILES string of the molecule is CC(C)C(=O)N1CCN(C2NC(NC3COC3)CC(C(=O)NC[C@H](O)CN3CCC4C(CCC(OCC5CNCO5)C4Cl)C3)N2)CC1. The van der Waals surface area contributed by atoms with Crippen LogP contribution in [-0.4, -0.2) is 165 Å². The third kappa shape index (κ3) is 9.34. The number of likely N-dealkylation sites (tertiary alicyclic amines) is 1. The van der Waals surface area contributed by atoms with E-state index in [4.69, 9.17) is 25.8 Å². The van der Waals surface area contributed by atoms with E-state index in [1.165, 1.54) is 0 Å². The number of nitrogens with one attached hydrogen (secondary N) is 5. The molecule has 6 aliphatic rings. The van der Waals surface area contributed by atoms with E-state index in [1.54, 1.807) is 0 Å². The van der Waals surface area contributed by atoms with E-state index >= 15 is 0 Å². The van der Waals surface area contributed by atoms with Crippen molar-refractivity contribution in [2.75, 3.05) is 85.5 Å². The van der Waals surface area contributed by atoms with Gasteiger partial charge in [0, 0.05) is 64.7 Å². The van der Waals surface area contributed by atoms with Crippen molar-refractivity contribution in [3.8, 4) is 0 Å². The maximum Gasteiger partial charge on any atom is 0.237 e. The van der Waals surface area contributed by atoms with Crippen LogP contribution in [0.3, 0.4) is 0 Å². The molecular formula is C32H57ClN8O6. The molecule has 6 rings (SSSR count). The first kappa shape index (κ1) is 35.6. The molecule has 2 amide bonds. The smallest absolute Gasteiger partial charge is 0.237 e. The van der Waals surface area contributed by atoms with Crippen LogP contribution in [0.2, 0.25) is 0 Å². The monoisotopic (exact) mass is 684 g/mol. The summed E-state index contributed by atoms with van der Waals surface area (Å²) in [5.41, 5.74) is 0. The summed E-state index contributed by atoms with van der Waals surface area (Å²) in [6, 6.07) is -0.158. The quantitative estimate of drug-likeness (QED) is 0.133. The zero-order valence-corrected chi connectivity index (χ0v) is 28.8. The Labute approximate surface area is 284 Å². The molecule has 0 spiro atoms. The van der Waals surface area contributed by atoms with Crippen LogP contribution in [0.4, 0.5) is 0 Å². The molecule has 6 N–H and O–H groups in total. The lowest BCUT2D eigenvalue weighted by molar-refractivity contribution is -0.137. The minimum absolute atomic E-state index is 0.00248. The van der Waals surface area contributed by atoms with E-state index < -0.39 is 12.1 Å². The largest absolute Gasteiger partial charge is 0.390 e. The van der Waals surface area contributed by atoms with Gasteiger partial charge in [-0.05, 0) is 37.6 Å². The fraction of sp³-hybridized carbons (Fsp3) is 0.938. The lowest BCUT2D eigenvalue weighted by Crippen LogP contribution is -2.73. The molecule has 15 heteroatoms. The predicted molar refractivity (Wildman–Crippen MR) is 176 cm³/mol. The van der Waals surface area contributed by atoms with E-state index in [0.717, 1.165) is 52.0 Å². The van der Waals surface area contributed by atoms with Gasteiger partial charge >= 0.3 is 0 Å². The first-order valence-corrected chi connectivity index (χ1v) is 18.3. The van der Waals surface area contributed by atoms with Crippen LogP contribution in [0, 0.1) is 17.8 Å². The highest BCUT2D eigenvalue weighted by atomic mass is 35.5. The van der Waals surface area contributed by atoms with Gasteiger partial charge in [-0.25, -0.2) is 0 Å². The minimum Gasteiger partial charge on any atom is -0.390 e. The Hall–Kier alpha value is -1.17. The number of carbonyl (C=O) groups excluding carboxylic acids is 2. The Morgan fingerprint density at radius 3 is 2.60 bits per heavy atom. The number of ether oxygens (including phenoxy) is 3. The number of piperazine rings is 1. The van der Waals surface area contributed by atoms with Gasteiger partial charge in [0.2, 0.25) is 11.8 Å². The summed E-state index contributed by atoms with van der Waals surface area (Å²) in [5, 5.41) is 27.9. The fourth-order valence-corrected chi connectivity index (χ4v) is 8.53. The summed E-state index contributed by atoms with van der Waals surface area (Å²) in [5.74, 6) is 0.963. The maximum atomic E-state index is 13.5. The molecule has 0 aromatic rings. The minimum atomic E-state index is -0.660. The van der Waals surface area contributed by atoms with Crippen molar-refractivity contribution in [3.05, 3.63) is 0 Å². The van der Waals surface area contributed by atoms with E-state index in [2.05, 4.69) is 36.4 Å². The number of hydrogen-bond donors (Lipinski definition) is 6. The van der Waals surface area contributed by atoms with Gasteiger partial charge in [0.1, 0.15) is 6.29 Å². The molecule has 5 saturated heterocycles. The van der Waals surface area contributed by atoms with Crippen molar-refractivity contribution in [1.82, 2.24) is 41.3 Å². The number of nitrogens with zero attached hydrogens (tertiary/aromatic N) is 3. The number of aliphatic hydroxyl groups is 1. The molecule has 0 aromatic carbocycles. The van der Waals surface area contributed by atoms with Crippen molar-refractivity contribution in [2.24, 2.45) is 17.8 Å². The Morgan fingerprint density at radius 1 is 1.09 bits per heavy atom. The molecule has 0 radical (unpaired) electrons. The van der Waals surface area contributed by atoms with Gasteiger partial charge in [-0.3, -0.25) is 35.8 Å². The number of alkyl halides is 1. The molecule has 47 heavy (non-hydrogen) atoms. The van der Waals surface area contributed by atoms with Crippen LogP contribution in [0.1, 0.15) is 39.5 Å². The van der Waals surface area contributed by atoms with Gasteiger partial charge in [-0.1, -0.05) is 13.8 Å². The molecule has 6 fully saturated rings. The molecule has 5 aliphatic heterocycles. The Morgan fingerprint density at radius 2 is 1.89 bits per heavy atom. The number of piperidine rings is 1. The molecule has 5 heterocycles. The number of fused-ring (bicyclic) bond motifs is 1. The zero-order valence-electron chi connectivity index (χ0n) is 28.1. The van der Waals surface area contributed by atoms with E-state index in [1.807, 2.05) is 18.7 Å². The summed E-state index contributed by atoms with van der Waals surface area (Å²) < 4.78 is 17.2. The van der Waals surface area contributed by atoms with Crippen LogP contribution in [0.25, 0.3) is 0 Å². The van der Waals surface area contributed by atoms with E-state index in [0.29, 0.717) is 64.4 Å². The maximum absolute atomic E-state index is 13.5. The van der Waals surface area contributed by atoms with E-state index in [-0.39, 0.29) is 60.4 Å². The highest BCUT2D eigenvalue weighted by Crippen LogP contribution is 2.40.